The first-order chi connectivity index (χ1) is 13.8. The van der Waals surface area contributed by atoms with Crippen LogP contribution >= 0.6 is 0 Å². The number of imidazole rings is 1. The smallest absolute Gasteiger partial charge is 0.262 e. The summed E-state index contributed by atoms with van der Waals surface area (Å²) in [5.74, 6) is 0.850. The van der Waals surface area contributed by atoms with Crippen LogP contribution in [0.3, 0.4) is 0 Å². The molecule has 0 spiro atoms. The van der Waals surface area contributed by atoms with Gasteiger partial charge in [-0.2, -0.15) is 4.31 Å². The first-order valence-corrected chi connectivity index (χ1v) is 11.1. The first kappa shape index (κ1) is 21.3. The van der Waals surface area contributed by atoms with Crippen molar-refractivity contribution in [2.75, 3.05) is 19.7 Å². The van der Waals surface area contributed by atoms with Crippen molar-refractivity contribution in [1.82, 2.24) is 24.2 Å². The van der Waals surface area contributed by atoms with E-state index in [-0.39, 0.29) is 16.9 Å². The van der Waals surface area contributed by atoms with Gasteiger partial charge >= 0.3 is 0 Å². The molecule has 1 N–H and O–H groups in total. The molecule has 1 aliphatic heterocycles. The van der Waals surface area contributed by atoms with E-state index >= 15 is 0 Å². The lowest BCUT2D eigenvalue weighted by molar-refractivity contribution is -0.126. The number of nitrogens with one attached hydrogen (secondary N) is 1. The summed E-state index contributed by atoms with van der Waals surface area (Å²) in [6.07, 6.45) is 4.12. The van der Waals surface area contributed by atoms with Crippen molar-refractivity contribution in [2.24, 2.45) is 13.0 Å². The van der Waals surface area contributed by atoms with E-state index in [1.54, 1.807) is 30.8 Å². The summed E-state index contributed by atoms with van der Waals surface area (Å²) >= 11 is 0. The standard InChI is InChI=1S/C19H27N5O4S/c1-4-28-19-16(6-5-9-20-19)12-21-18(25)15-7-10-24(11-8-15)29(26,27)17-13-23(3)14(2)22-17/h5-6,9,13,15H,4,7-8,10-12H2,1-3H3,(H,21,25). The summed E-state index contributed by atoms with van der Waals surface area (Å²) in [5, 5.41) is 2.98. The van der Waals surface area contributed by atoms with E-state index in [1.807, 2.05) is 13.0 Å². The SMILES string of the molecule is CCOc1ncccc1CNC(=O)C1CCN(S(=O)(=O)c2cn(C)c(C)n2)CC1. The molecular weight excluding hydrogens is 394 g/mol. The number of aryl methyl sites for hydroxylation is 2. The zero-order valence-corrected chi connectivity index (χ0v) is 17.8. The minimum atomic E-state index is -3.64. The van der Waals surface area contributed by atoms with Gasteiger partial charge in [0.2, 0.25) is 11.8 Å². The monoisotopic (exact) mass is 421 g/mol. The fraction of sp³-hybridized carbons (Fsp3) is 0.526. The molecule has 1 amide bonds. The summed E-state index contributed by atoms with van der Waals surface area (Å²) in [6.45, 7) is 5.06. The van der Waals surface area contributed by atoms with Crippen LogP contribution < -0.4 is 10.1 Å². The number of carbonyl (C=O) groups excluding carboxylic acids is 1. The van der Waals surface area contributed by atoms with Crippen molar-refractivity contribution in [2.45, 2.75) is 38.3 Å². The lowest BCUT2D eigenvalue weighted by Crippen LogP contribution is -2.43. The molecule has 0 unspecified atom stereocenters. The molecule has 9 nitrogen and oxygen atoms in total. The maximum absolute atomic E-state index is 12.8. The Bertz CT molecular complexity index is 945. The van der Waals surface area contributed by atoms with Crippen LogP contribution in [0.15, 0.2) is 29.6 Å². The minimum absolute atomic E-state index is 0.0560. The average Bonchev–Trinajstić information content (AvgIpc) is 3.07. The lowest BCUT2D eigenvalue weighted by atomic mass is 9.97. The fourth-order valence-electron chi connectivity index (χ4n) is 3.29. The Hall–Kier alpha value is -2.46. The van der Waals surface area contributed by atoms with Gasteiger partial charge in [0.1, 0.15) is 5.82 Å². The molecule has 1 aliphatic rings. The number of hydrogen-bond acceptors (Lipinski definition) is 6. The molecule has 10 heteroatoms. The number of hydrogen-bond donors (Lipinski definition) is 1. The van der Waals surface area contributed by atoms with Gasteiger partial charge in [0.05, 0.1) is 6.61 Å². The molecule has 0 bridgehead atoms. The van der Waals surface area contributed by atoms with Gasteiger partial charge < -0.3 is 14.6 Å². The summed E-state index contributed by atoms with van der Waals surface area (Å²) in [5.41, 5.74) is 0.813. The molecule has 0 aromatic carbocycles. The molecule has 3 rings (SSSR count). The Labute approximate surface area is 171 Å². The molecule has 0 aliphatic carbocycles. The number of ether oxygens (including phenoxy) is 1. The molecule has 29 heavy (non-hydrogen) atoms. The van der Waals surface area contributed by atoms with Gasteiger partial charge in [-0.25, -0.2) is 18.4 Å². The predicted molar refractivity (Wildman–Crippen MR) is 107 cm³/mol. The van der Waals surface area contributed by atoms with Crippen LogP contribution in [-0.4, -0.2) is 52.9 Å². The molecule has 0 atom stereocenters. The third-order valence-corrected chi connectivity index (χ3v) is 6.87. The van der Waals surface area contributed by atoms with E-state index in [9.17, 15) is 13.2 Å². The fourth-order valence-corrected chi connectivity index (χ4v) is 4.79. The van der Waals surface area contributed by atoms with E-state index in [0.717, 1.165) is 5.56 Å². The maximum Gasteiger partial charge on any atom is 0.262 e. The summed E-state index contributed by atoms with van der Waals surface area (Å²) < 4.78 is 34.1. The second kappa shape index (κ2) is 8.91. The van der Waals surface area contributed by atoms with Gasteiger partial charge in [0, 0.05) is 50.6 Å². The van der Waals surface area contributed by atoms with Crippen molar-refractivity contribution in [3.63, 3.8) is 0 Å². The number of piperidine rings is 1. The minimum Gasteiger partial charge on any atom is -0.478 e. The van der Waals surface area contributed by atoms with Gasteiger partial charge in [0.15, 0.2) is 5.03 Å². The Morgan fingerprint density at radius 1 is 1.34 bits per heavy atom. The Morgan fingerprint density at radius 2 is 2.07 bits per heavy atom. The van der Waals surface area contributed by atoms with Gasteiger partial charge in [0.25, 0.3) is 10.0 Å². The molecule has 158 valence electrons. The van der Waals surface area contributed by atoms with Crippen LogP contribution in [0.1, 0.15) is 31.2 Å². The van der Waals surface area contributed by atoms with Crippen LogP contribution in [-0.2, 0) is 28.4 Å². The molecular formula is C19H27N5O4S. The molecule has 1 saturated heterocycles. The van der Waals surface area contributed by atoms with Crippen molar-refractivity contribution in [3.8, 4) is 5.88 Å². The van der Waals surface area contributed by atoms with Crippen LogP contribution in [0.5, 0.6) is 5.88 Å². The molecule has 2 aromatic rings. The number of carbonyl (C=O) groups is 1. The van der Waals surface area contributed by atoms with Crippen LogP contribution in [0.2, 0.25) is 0 Å². The highest BCUT2D eigenvalue weighted by Gasteiger charge is 2.33. The number of amides is 1. The Morgan fingerprint density at radius 3 is 2.69 bits per heavy atom. The zero-order chi connectivity index (χ0) is 21.0. The van der Waals surface area contributed by atoms with E-state index in [2.05, 4.69) is 15.3 Å². The molecule has 1 fully saturated rings. The maximum atomic E-state index is 12.8. The zero-order valence-electron chi connectivity index (χ0n) is 17.0. The van der Waals surface area contributed by atoms with Gasteiger partial charge in [-0.1, -0.05) is 6.07 Å². The molecule has 0 saturated carbocycles. The van der Waals surface area contributed by atoms with Crippen molar-refractivity contribution >= 4 is 15.9 Å². The highest BCUT2D eigenvalue weighted by Crippen LogP contribution is 2.24. The van der Waals surface area contributed by atoms with Gasteiger partial charge in [-0.3, -0.25) is 4.79 Å². The van der Waals surface area contributed by atoms with E-state index in [4.69, 9.17) is 4.74 Å². The van der Waals surface area contributed by atoms with Crippen molar-refractivity contribution in [1.29, 1.82) is 0 Å². The number of sulfonamides is 1. The molecule has 3 heterocycles. The summed E-state index contributed by atoms with van der Waals surface area (Å²) in [7, 11) is -1.87. The average molecular weight is 422 g/mol. The quantitative estimate of drug-likeness (QED) is 0.721. The van der Waals surface area contributed by atoms with E-state index < -0.39 is 10.0 Å². The Balaban J connectivity index is 1.56. The Kier molecular flexibility index (Phi) is 6.53. The topological polar surface area (TPSA) is 106 Å². The van der Waals surface area contributed by atoms with Crippen LogP contribution in [0.25, 0.3) is 0 Å². The number of nitrogens with zero attached hydrogens (tertiary/aromatic N) is 4. The van der Waals surface area contributed by atoms with E-state index in [1.165, 1.54) is 10.5 Å². The summed E-state index contributed by atoms with van der Waals surface area (Å²) in [4.78, 5) is 20.9. The van der Waals surface area contributed by atoms with Crippen molar-refractivity contribution in [3.05, 3.63) is 35.9 Å². The summed E-state index contributed by atoms with van der Waals surface area (Å²) in [6, 6.07) is 3.66. The second-order valence-corrected chi connectivity index (χ2v) is 8.92. The van der Waals surface area contributed by atoms with E-state index in [0.29, 0.717) is 50.8 Å². The van der Waals surface area contributed by atoms with Gasteiger partial charge in [-0.15, -0.1) is 0 Å². The third-order valence-electron chi connectivity index (χ3n) is 5.10. The number of rotatable bonds is 7. The highest BCUT2D eigenvalue weighted by molar-refractivity contribution is 7.89. The molecule has 2 aromatic heterocycles. The first-order valence-electron chi connectivity index (χ1n) is 9.67. The van der Waals surface area contributed by atoms with Crippen LogP contribution in [0.4, 0.5) is 0 Å². The third kappa shape index (κ3) is 4.76. The predicted octanol–water partition coefficient (Wildman–Crippen LogP) is 1.24. The van der Waals surface area contributed by atoms with Gasteiger partial charge in [-0.05, 0) is 32.8 Å². The number of aromatic nitrogens is 3. The second-order valence-electron chi connectivity index (χ2n) is 7.03. The van der Waals surface area contributed by atoms with Crippen LogP contribution in [0, 0.1) is 12.8 Å². The highest BCUT2D eigenvalue weighted by atomic mass is 32.2. The largest absolute Gasteiger partial charge is 0.478 e. The lowest BCUT2D eigenvalue weighted by Gasteiger charge is -2.30. The normalized spacial score (nSPS) is 16.0. The van der Waals surface area contributed by atoms with Crippen molar-refractivity contribution < 1.29 is 17.9 Å². The number of pyridine rings is 1. The molecule has 0 radical (unpaired) electrons.